The maximum Gasteiger partial charge on any atom is 0.308 e. The number of fused-ring (bicyclic) bond motifs is 1. The fourth-order valence-electron chi connectivity index (χ4n) is 4.06. The van der Waals surface area contributed by atoms with Crippen LogP contribution in [0.15, 0.2) is 24.3 Å². The first-order chi connectivity index (χ1) is 12.8. The van der Waals surface area contributed by atoms with Crippen LogP contribution in [0.1, 0.15) is 46.0 Å². The van der Waals surface area contributed by atoms with Crippen molar-refractivity contribution in [1.29, 1.82) is 0 Å². The molecule has 7 heteroatoms. The van der Waals surface area contributed by atoms with Crippen molar-refractivity contribution in [1.82, 2.24) is 5.32 Å². The van der Waals surface area contributed by atoms with Gasteiger partial charge in [-0.3, -0.25) is 14.4 Å². The van der Waals surface area contributed by atoms with Gasteiger partial charge in [-0.05, 0) is 38.8 Å². The molecule has 1 saturated carbocycles. The molecular weight excluding hydrogens is 348 g/mol. The van der Waals surface area contributed by atoms with E-state index in [0.717, 1.165) is 12.8 Å². The van der Waals surface area contributed by atoms with Gasteiger partial charge in [-0.15, -0.1) is 0 Å². The minimum atomic E-state index is -0.872. The highest BCUT2D eigenvalue weighted by molar-refractivity contribution is 6.00. The molecule has 0 aromatic heterocycles. The van der Waals surface area contributed by atoms with Crippen LogP contribution in [0.25, 0.3) is 0 Å². The summed E-state index contributed by atoms with van der Waals surface area (Å²) in [5.74, 6) is -1.26. The van der Waals surface area contributed by atoms with Crippen molar-refractivity contribution >= 4 is 23.5 Å². The number of carbonyl (C=O) groups excluding carboxylic acids is 2. The number of benzene rings is 1. The fraction of sp³-hybridized carbons (Fsp3) is 0.550. The second kappa shape index (κ2) is 7.58. The summed E-state index contributed by atoms with van der Waals surface area (Å²) in [7, 11) is 0. The normalized spacial score (nSPS) is 27.5. The number of carboxylic acid groups (broad SMARTS) is 1. The Morgan fingerprint density at radius 3 is 2.81 bits per heavy atom. The van der Waals surface area contributed by atoms with Crippen LogP contribution in [-0.4, -0.2) is 41.1 Å². The highest BCUT2D eigenvalue weighted by atomic mass is 16.5. The SMILES string of the molecule is CC1Oc2ccccc2N(CCC(=O)NC2(C)CCCCC2C(=O)O)C1=O. The molecule has 1 heterocycles. The molecule has 0 saturated heterocycles. The monoisotopic (exact) mass is 374 g/mol. The van der Waals surface area contributed by atoms with Crippen LogP contribution in [0, 0.1) is 5.92 Å². The first-order valence-electron chi connectivity index (χ1n) is 9.43. The van der Waals surface area contributed by atoms with Gasteiger partial charge in [0.2, 0.25) is 5.91 Å². The largest absolute Gasteiger partial charge is 0.481 e. The van der Waals surface area contributed by atoms with Gasteiger partial charge in [-0.25, -0.2) is 0 Å². The number of carboxylic acids is 1. The van der Waals surface area contributed by atoms with Crippen molar-refractivity contribution in [3.63, 3.8) is 0 Å². The van der Waals surface area contributed by atoms with Crippen LogP contribution >= 0.6 is 0 Å². The summed E-state index contributed by atoms with van der Waals surface area (Å²) in [6, 6.07) is 7.24. The summed E-state index contributed by atoms with van der Waals surface area (Å²) in [6.45, 7) is 3.72. The van der Waals surface area contributed by atoms with Gasteiger partial charge in [-0.1, -0.05) is 25.0 Å². The first-order valence-corrected chi connectivity index (χ1v) is 9.43. The number of hydrogen-bond donors (Lipinski definition) is 2. The van der Waals surface area contributed by atoms with Crippen LogP contribution in [0.2, 0.25) is 0 Å². The second-order valence-corrected chi connectivity index (χ2v) is 7.57. The lowest BCUT2D eigenvalue weighted by Gasteiger charge is -2.40. The number of carbonyl (C=O) groups is 3. The van der Waals surface area contributed by atoms with Crippen LogP contribution < -0.4 is 15.0 Å². The van der Waals surface area contributed by atoms with Gasteiger partial charge in [0, 0.05) is 13.0 Å². The Hall–Kier alpha value is -2.57. The molecule has 1 aliphatic carbocycles. The Labute approximate surface area is 158 Å². The van der Waals surface area contributed by atoms with Gasteiger partial charge in [0.05, 0.1) is 17.1 Å². The van der Waals surface area contributed by atoms with Gasteiger partial charge in [0.1, 0.15) is 5.75 Å². The summed E-state index contributed by atoms with van der Waals surface area (Å²) in [6.07, 6.45) is 2.47. The van der Waals surface area contributed by atoms with Gasteiger partial charge in [0.15, 0.2) is 6.10 Å². The second-order valence-electron chi connectivity index (χ2n) is 7.57. The standard InChI is InChI=1S/C20H26N2O5/c1-13-18(24)22(15-8-3-4-9-16(15)27-13)12-10-17(23)21-20(2)11-6-5-7-14(20)19(25)26/h3-4,8-9,13-14H,5-7,10-12H2,1-2H3,(H,21,23)(H,25,26). The third kappa shape index (κ3) is 3.91. The Morgan fingerprint density at radius 2 is 2.07 bits per heavy atom. The molecule has 3 atom stereocenters. The minimum absolute atomic E-state index is 0.106. The Morgan fingerprint density at radius 1 is 1.33 bits per heavy atom. The van der Waals surface area contributed by atoms with E-state index < -0.39 is 23.5 Å². The number of anilines is 1. The van der Waals surface area contributed by atoms with Crippen molar-refractivity contribution in [3.8, 4) is 5.75 Å². The van der Waals surface area contributed by atoms with Crippen molar-refractivity contribution in [2.75, 3.05) is 11.4 Å². The lowest BCUT2D eigenvalue weighted by atomic mass is 9.74. The van der Waals surface area contributed by atoms with Crippen LogP contribution in [-0.2, 0) is 14.4 Å². The van der Waals surface area contributed by atoms with Crippen molar-refractivity contribution in [2.45, 2.75) is 57.6 Å². The number of hydrogen-bond acceptors (Lipinski definition) is 4. The predicted molar refractivity (Wildman–Crippen MR) is 99.6 cm³/mol. The number of ether oxygens (including phenoxy) is 1. The molecular formula is C20H26N2O5. The van der Waals surface area contributed by atoms with E-state index in [4.69, 9.17) is 4.74 Å². The van der Waals surface area contributed by atoms with E-state index in [9.17, 15) is 19.5 Å². The average Bonchev–Trinajstić information content (AvgIpc) is 2.62. The van der Waals surface area contributed by atoms with Gasteiger partial charge < -0.3 is 20.1 Å². The highest BCUT2D eigenvalue weighted by Crippen LogP contribution is 2.35. The van der Waals surface area contributed by atoms with Crippen LogP contribution in [0.4, 0.5) is 5.69 Å². The molecule has 0 radical (unpaired) electrons. The van der Waals surface area contributed by atoms with Crippen molar-refractivity contribution in [3.05, 3.63) is 24.3 Å². The quantitative estimate of drug-likeness (QED) is 0.825. The zero-order valence-electron chi connectivity index (χ0n) is 15.7. The number of aliphatic carboxylic acids is 1. The minimum Gasteiger partial charge on any atom is -0.481 e. The molecule has 2 N–H and O–H groups in total. The maximum absolute atomic E-state index is 12.6. The third-order valence-corrected chi connectivity index (χ3v) is 5.57. The zero-order chi connectivity index (χ0) is 19.6. The molecule has 146 valence electrons. The van der Waals surface area contributed by atoms with E-state index in [1.165, 1.54) is 0 Å². The molecule has 3 unspecified atom stereocenters. The number of nitrogens with zero attached hydrogens (tertiary/aromatic N) is 1. The van der Waals surface area contributed by atoms with Crippen LogP contribution in [0.3, 0.4) is 0 Å². The lowest BCUT2D eigenvalue weighted by Crippen LogP contribution is -2.56. The number of nitrogens with one attached hydrogen (secondary N) is 1. The Kier molecular flexibility index (Phi) is 5.39. The molecule has 0 spiro atoms. The van der Waals surface area contributed by atoms with Crippen molar-refractivity contribution in [2.24, 2.45) is 5.92 Å². The Bertz CT molecular complexity index is 750. The predicted octanol–water partition coefficient (Wildman–Crippen LogP) is 2.34. The molecule has 7 nitrogen and oxygen atoms in total. The molecule has 1 aromatic carbocycles. The molecule has 0 bridgehead atoms. The maximum atomic E-state index is 12.6. The summed E-state index contributed by atoms with van der Waals surface area (Å²) in [5.41, 5.74) is -0.0952. The van der Waals surface area contributed by atoms with E-state index in [1.807, 2.05) is 12.1 Å². The van der Waals surface area contributed by atoms with E-state index in [-0.39, 0.29) is 24.8 Å². The molecule has 27 heavy (non-hydrogen) atoms. The third-order valence-electron chi connectivity index (χ3n) is 5.57. The highest BCUT2D eigenvalue weighted by Gasteiger charge is 2.42. The number of para-hydroxylation sites is 2. The van der Waals surface area contributed by atoms with Crippen LogP contribution in [0.5, 0.6) is 5.75 Å². The van der Waals surface area contributed by atoms with Gasteiger partial charge in [-0.2, -0.15) is 0 Å². The van der Waals surface area contributed by atoms with Crippen molar-refractivity contribution < 1.29 is 24.2 Å². The first kappa shape index (κ1) is 19.2. The molecule has 1 fully saturated rings. The molecule has 2 aliphatic rings. The van der Waals surface area contributed by atoms with E-state index >= 15 is 0 Å². The number of amides is 2. The van der Waals surface area contributed by atoms with E-state index in [0.29, 0.717) is 24.3 Å². The van der Waals surface area contributed by atoms with E-state index in [1.54, 1.807) is 30.9 Å². The Balaban J connectivity index is 1.67. The summed E-state index contributed by atoms with van der Waals surface area (Å²) >= 11 is 0. The summed E-state index contributed by atoms with van der Waals surface area (Å²) in [4.78, 5) is 38.2. The lowest BCUT2D eigenvalue weighted by molar-refractivity contribution is -0.146. The topological polar surface area (TPSA) is 95.9 Å². The zero-order valence-corrected chi connectivity index (χ0v) is 15.7. The molecule has 3 rings (SSSR count). The smallest absolute Gasteiger partial charge is 0.308 e. The summed E-state index contributed by atoms with van der Waals surface area (Å²) < 4.78 is 5.60. The summed E-state index contributed by atoms with van der Waals surface area (Å²) in [5, 5.41) is 12.4. The number of rotatable bonds is 5. The molecule has 1 aliphatic heterocycles. The average molecular weight is 374 g/mol. The molecule has 1 aromatic rings. The fourth-order valence-corrected chi connectivity index (χ4v) is 4.06. The van der Waals surface area contributed by atoms with Gasteiger partial charge >= 0.3 is 5.97 Å². The van der Waals surface area contributed by atoms with Gasteiger partial charge in [0.25, 0.3) is 5.91 Å². The molecule has 2 amide bonds. The van der Waals surface area contributed by atoms with E-state index in [2.05, 4.69) is 5.32 Å².